The van der Waals surface area contributed by atoms with Gasteiger partial charge in [-0.1, -0.05) is 52.4 Å². The van der Waals surface area contributed by atoms with Crippen molar-refractivity contribution in [3.63, 3.8) is 0 Å². The summed E-state index contributed by atoms with van der Waals surface area (Å²) in [6, 6.07) is -2.14. The van der Waals surface area contributed by atoms with E-state index in [0.717, 1.165) is 25.7 Å². The molecular formula is C19H36IN9O. The Morgan fingerprint density at radius 3 is 2.37 bits per heavy atom. The molecule has 7 atom stereocenters. The monoisotopic (exact) mass is 533 g/mol. The van der Waals surface area contributed by atoms with Gasteiger partial charge in [-0.05, 0) is 42.6 Å². The van der Waals surface area contributed by atoms with Gasteiger partial charge >= 0.3 is 0 Å². The molecule has 0 bridgehead atoms. The van der Waals surface area contributed by atoms with E-state index in [1.54, 1.807) is 0 Å². The molecule has 10 nitrogen and oxygen atoms in total. The third-order valence-corrected chi connectivity index (χ3v) is 9.18. The second kappa shape index (κ2) is 7.81. The summed E-state index contributed by atoms with van der Waals surface area (Å²) < 4.78 is -0.253. The molecule has 3 fully saturated rings. The van der Waals surface area contributed by atoms with Gasteiger partial charge in [0.1, 0.15) is 17.4 Å². The molecule has 0 aromatic carbocycles. The molecule has 0 aromatic heterocycles. The van der Waals surface area contributed by atoms with Gasteiger partial charge in [0.25, 0.3) is 0 Å². The van der Waals surface area contributed by atoms with Gasteiger partial charge in [0, 0.05) is 12.5 Å². The number of halogens is 1. The SMILES string of the molecule is CC12CCC/C(=C\C=C3\CC(N=O)C(N)(N)C(N)C3(N)N)C1CC(N)C2(N)C(N)I. The van der Waals surface area contributed by atoms with E-state index >= 15 is 0 Å². The molecule has 7 unspecified atom stereocenters. The highest BCUT2D eigenvalue weighted by molar-refractivity contribution is 14.1. The third-order valence-electron chi connectivity index (χ3n) is 8.15. The van der Waals surface area contributed by atoms with E-state index in [2.05, 4.69) is 34.7 Å². The molecule has 3 aliphatic rings. The number of rotatable bonds is 3. The van der Waals surface area contributed by atoms with Gasteiger partial charge in [0.05, 0.1) is 15.6 Å². The number of alkyl halides is 1. The van der Waals surface area contributed by atoms with Crippen LogP contribution in [0.25, 0.3) is 0 Å². The van der Waals surface area contributed by atoms with Crippen molar-refractivity contribution < 1.29 is 0 Å². The van der Waals surface area contributed by atoms with Crippen molar-refractivity contribution in [1.82, 2.24) is 0 Å². The zero-order valence-corrected chi connectivity index (χ0v) is 19.6. The Labute approximate surface area is 191 Å². The standard InChI is InChI=1S/C19H36IN9O/c1-16-6-2-3-9(11(16)8-12(21)17(16,24)15(20)23)4-5-10-7-13(29-30)19(27,28)14(22)18(10,25)26/h4-5,11-15H,2-3,6-8,21-28H2,1H3/b9-4+,10-5-. The predicted molar refractivity (Wildman–Crippen MR) is 128 cm³/mol. The first-order valence-corrected chi connectivity index (χ1v) is 11.6. The molecule has 3 aliphatic carbocycles. The molecule has 0 aromatic rings. The van der Waals surface area contributed by atoms with Crippen molar-refractivity contribution in [2.24, 2.45) is 62.4 Å². The largest absolute Gasteiger partial charge is 0.326 e. The quantitative estimate of drug-likeness (QED) is 0.0720. The summed E-state index contributed by atoms with van der Waals surface area (Å²) in [4.78, 5) is 11.3. The van der Waals surface area contributed by atoms with E-state index in [9.17, 15) is 4.91 Å². The van der Waals surface area contributed by atoms with E-state index in [0.29, 0.717) is 5.57 Å². The lowest BCUT2D eigenvalue weighted by Crippen LogP contribution is -2.83. The van der Waals surface area contributed by atoms with Gasteiger partial charge in [0.2, 0.25) is 0 Å². The van der Waals surface area contributed by atoms with E-state index in [4.69, 9.17) is 45.9 Å². The Morgan fingerprint density at radius 1 is 1.17 bits per heavy atom. The van der Waals surface area contributed by atoms with Crippen LogP contribution in [0.2, 0.25) is 0 Å². The molecule has 0 aliphatic heterocycles. The summed E-state index contributed by atoms with van der Waals surface area (Å²) in [5.74, 6) is 0.203. The van der Waals surface area contributed by atoms with Crippen LogP contribution in [0.15, 0.2) is 28.5 Å². The number of allylic oxidation sites excluding steroid dienone is 3. The minimum Gasteiger partial charge on any atom is -0.326 e. The smallest absolute Gasteiger partial charge is 0.128 e. The van der Waals surface area contributed by atoms with Crippen LogP contribution in [0.1, 0.15) is 39.0 Å². The first-order valence-electron chi connectivity index (χ1n) is 10.3. The van der Waals surface area contributed by atoms with Crippen LogP contribution < -0.4 is 45.9 Å². The summed E-state index contributed by atoms with van der Waals surface area (Å²) in [6.07, 6.45) is 7.67. The Balaban J connectivity index is 1.97. The van der Waals surface area contributed by atoms with Gasteiger partial charge < -0.3 is 45.9 Å². The minimum absolute atomic E-state index is 0.155. The molecule has 16 N–H and O–H groups in total. The maximum atomic E-state index is 11.3. The van der Waals surface area contributed by atoms with Crippen molar-refractivity contribution in [3.8, 4) is 0 Å². The Kier molecular flexibility index (Phi) is 6.29. The van der Waals surface area contributed by atoms with Gasteiger partial charge in [-0.2, -0.15) is 4.91 Å². The lowest BCUT2D eigenvalue weighted by atomic mass is 9.60. The Bertz CT molecular complexity index is 767. The Hall–Kier alpha value is -0.510. The summed E-state index contributed by atoms with van der Waals surface area (Å²) in [5, 5.41) is 3.07. The normalized spacial score (nSPS) is 46.6. The fraction of sp³-hybridized carbons (Fsp3) is 0.789. The van der Waals surface area contributed by atoms with Gasteiger partial charge in [-0.25, -0.2) is 0 Å². The molecule has 11 heteroatoms. The van der Waals surface area contributed by atoms with E-state index in [1.807, 2.05) is 12.2 Å². The maximum absolute atomic E-state index is 11.3. The molecule has 0 amide bonds. The fourth-order valence-corrected chi connectivity index (χ4v) is 7.04. The first-order chi connectivity index (χ1) is 13.7. The van der Waals surface area contributed by atoms with Crippen LogP contribution in [0.4, 0.5) is 0 Å². The highest BCUT2D eigenvalue weighted by atomic mass is 127. The second-order valence-corrected chi connectivity index (χ2v) is 11.0. The van der Waals surface area contributed by atoms with E-state index in [1.165, 1.54) is 5.57 Å². The predicted octanol–water partition coefficient (Wildman–Crippen LogP) is -1.11. The zero-order chi connectivity index (χ0) is 22.7. The maximum Gasteiger partial charge on any atom is 0.128 e. The second-order valence-electron chi connectivity index (χ2n) is 9.67. The lowest BCUT2D eigenvalue weighted by Gasteiger charge is -2.50. The van der Waals surface area contributed by atoms with Crippen LogP contribution in [0.3, 0.4) is 0 Å². The molecule has 3 rings (SSSR count). The zero-order valence-electron chi connectivity index (χ0n) is 17.4. The summed E-state index contributed by atoms with van der Waals surface area (Å²) in [6.45, 7) is 2.19. The number of nitrogens with zero attached hydrogens (tertiary/aromatic N) is 1. The van der Waals surface area contributed by atoms with Gasteiger partial charge in [-0.15, -0.1) is 0 Å². The van der Waals surface area contributed by atoms with Crippen LogP contribution in [0, 0.1) is 16.2 Å². The van der Waals surface area contributed by atoms with Crippen molar-refractivity contribution in [2.75, 3.05) is 0 Å². The molecule has 0 heterocycles. The highest BCUT2D eigenvalue weighted by Gasteiger charge is 2.63. The molecule has 30 heavy (non-hydrogen) atoms. The summed E-state index contributed by atoms with van der Waals surface area (Å²) in [7, 11) is 0. The van der Waals surface area contributed by atoms with E-state index in [-0.39, 0.29) is 27.8 Å². The summed E-state index contributed by atoms with van der Waals surface area (Å²) >= 11 is 2.19. The average Bonchev–Trinajstić information content (AvgIpc) is 2.88. The van der Waals surface area contributed by atoms with Crippen molar-refractivity contribution in [2.45, 2.75) is 78.1 Å². The highest BCUT2D eigenvalue weighted by Crippen LogP contribution is 2.59. The number of fused-ring (bicyclic) bond motifs is 1. The first kappa shape index (κ1) is 24.1. The molecular weight excluding hydrogens is 497 g/mol. The van der Waals surface area contributed by atoms with Gasteiger partial charge in [0.15, 0.2) is 0 Å². The fourth-order valence-electron chi connectivity index (χ4n) is 5.87. The lowest BCUT2D eigenvalue weighted by molar-refractivity contribution is 0.103. The number of nitrogens with two attached hydrogens (primary N) is 8. The van der Waals surface area contributed by atoms with Crippen LogP contribution in [-0.4, -0.2) is 39.0 Å². The molecule has 0 spiro atoms. The Morgan fingerprint density at radius 2 is 1.80 bits per heavy atom. The van der Waals surface area contributed by atoms with E-state index < -0.39 is 28.9 Å². The van der Waals surface area contributed by atoms with Crippen molar-refractivity contribution in [1.29, 1.82) is 0 Å². The molecule has 0 saturated heterocycles. The summed E-state index contributed by atoms with van der Waals surface area (Å²) in [5.41, 5.74) is 48.4. The number of hydrogen-bond acceptors (Lipinski definition) is 10. The van der Waals surface area contributed by atoms with Crippen molar-refractivity contribution >= 4 is 22.6 Å². The van der Waals surface area contributed by atoms with Crippen LogP contribution in [0.5, 0.6) is 0 Å². The number of nitroso groups, excluding NO2 is 1. The van der Waals surface area contributed by atoms with Gasteiger partial charge in [-0.3, -0.25) is 0 Å². The average molecular weight is 533 g/mol. The topological polar surface area (TPSA) is 238 Å². The molecule has 3 saturated carbocycles. The minimum atomic E-state index is -1.58. The molecule has 0 radical (unpaired) electrons. The number of hydrogen-bond donors (Lipinski definition) is 8. The third kappa shape index (κ3) is 3.30. The van der Waals surface area contributed by atoms with Crippen molar-refractivity contribution in [3.05, 3.63) is 28.2 Å². The van der Waals surface area contributed by atoms with Crippen LogP contribution >= 0.6 is 22.6 Å². The molecule has 170 valence electrons. The van der Waals surface area contributed by atoms with Crippen LogP contribution in [-0.2, 0) is 0 Å².